The summed E-state index contributed by atoms with van der Waals surface area (Å²) in [5.41, 5.74) is 3.74. The summed E-state index contributed by atoms with van der Waals surface area (Å²) in [5.74, 6) is 0.581. The molecule has 1 aliphatic heterocycles. The van der Waals surface area contributed by atoms with E-state index in [1.54, 1.807) is 6.33 Å². The van der Waals surface area contributed by atoms with Crippen molar-refractivity contribution < 1.29 is 0 Å². The Morgan fingerprint density at radius 1 is 1.33 bits per heavy atom. The van der Waals surface area contributed by atoms with E-state index < -0.39 is 0 Å². The summed E-state index contributed by atoms with van der Waals surface area (Å²) in [7, 11) is 0. The van der Waals surface area contributed by atoms with E-state index in [1.807, 2.05) is 18.6 Å². The molecule has 1 atom stereocenters. The highest BCUT2D eigenvalue weighted by atomic mass is 15.2. The fourth-order valence-electron chi connectivity index (χ4n) is 2.65. The Kier molecular flexibility index (Phi) is 3.06. The van der Waals surface area contributed by atoms with Crippen LogP contribution in [0.15, 0.2) is 24.9 Å². The van der Waals surface area contributed by atoms with Gasteiger partial charge in [0.2, 0.25) is 0 Å². The summed E-state index contributed by atoms with van der Waals surface area (Å²) in [6, 6.07) is 0. The van der Waals surface area contributed by atoms with Crippen molar-refractivity contribution in [3.05, 3.63) is 41.7 Å². The molecule has 2 aromatic rings. The number of likely N-dealkylation sites (tertiary alicyclic amines) is 1. The minimum atomic E-state index is 0.581. The van der Waals surface area contributed by atoms with Crippen LogP contribution in [0.2, 0.25) is 0 Å². The van der Waals surface area contributed by atoms with Gasteiger partial charge < -0.3 is 0 Å². The molecule has 0 bridgehead atoms. The van der Waals surface area contributed by atoms with Crippen LogP contribution in [0.25, 0.3) is 0 Å². The van der Waals surface area contributed by atoms with Gasteiger partial charge in [-0.05, 0) is 25.5 Å². The maximum absolute atomic E-state index is 4.11. The van der Waals surface area contributed by atoms with Crippen LogP contribution in [0.4, 0.5) is 0 Å². The summed E-state index contributed by atoms with van der Waals surface area (Å²) >= 11 is 0. The first-order valence-electron chi connectivity index (χ1n) is 6.29. The largest absolute Gasteiger partial charge is 0.298 e. The molecular weight excluding hydrogens is 226 g/mol. The second kappa shape index (κ2) is 4.86. The third kappa shape index (κ3) is 2.26. The van der Waals surface area contributed by atoms with Gasteiger partial charge in [-0.15, -0.1) is 0 Å². The summed E-state index contributed by atoms with van der Waals surface area (Å²) in [6.45, 7) is 5.26. The molecule has 0 aromatic carbocycles. The number of hydrogen-bond donors (Lipinski definition) is 1. The van der Waals surface area contributed by atoms with E-state index in [2.05, 4.69) is 32.0 Å². The van der Waals surface area contributed by atoms with Crippen LogP contribution in [-0.2, 0) is 6.54 Å². The van der Waals surface area contributed by atoms with E-state index in [0.29, 0.717) is 5.92 Å². The van der Waals surface area contributed by atoms with Crippen LogP contribution in [0.3, 0.4) is 0 Å². The summed E-state index contributed by atoms with van der Waals surface area (Å²) in [4.78, 5) is 10.6. The number of aromatic nitrogens is 4. The molecule has 1 aliphatic rings. The molecule has 1 saturated heterocycles. The Labute approximate surface area is 106 Å². The number of nitrogens with zero attached hydrogens (tertiary/aromatic N) is 4. The fourth-order valence-corrected chi connectivity index (χ4v) is 2.65. The molecule has 18 heavy (non-hydrogen) atoms. The number of aryl methyl sites for hydroxylation is 1. The van der Waals surface area contributed by atoms with Gasteiger partial charge in [0.05, 0.1) is 6.20 Å². The van der Waals surface area contributed by atoms with Gasteiger partial charge in [-0.25, -0.2) is 9.97 Å². The zero-order valence-electron chi connectivity index (χ0n) is 10.5. The molecular formula is C13H17N5. The number of hydrogen-bond acceptors (Lipinski definition) is 4. The molecule has 5 heteroatoms. The van der Waals surface area contributed by atoms with Crippen molar-refractivity contribution in [3.8, 4) is 0 Å². The quantitative estimate of drug-likeness (QED) is 0.887. The van der Waals surface area contributed by atoms with Gasteiger partial charge in [0.15, 0.2) is 0 Å². The molecule has 3 rings (SSSR count). The molecule has 1 fully saturated rings. The first-order valence-corrected chi connectivity index (χ1v) is 6.29. The number of nitrogens with one attached hydrogen (secondary N) is 1. The van der Waals surface area contributed by atoms with Crippen molar-refractivity contribution in [2.75, 3.05) is 13.1 Å². The lowest BCUT2D eigenvalue weighted by atomic mass is 10.0. The Balaban J connectivity index is 1.64. The Morgan fingerprint density at radius 2 is 2.17 bits per heavy atom. The fraction of sp³-hybridized carbons (Fsp3) is 0.462. The molecule has 1 N–H and O–H groups in total. The van der Waals surface area contributed by atoms with Gasteiger partial charge in [-0.1, -0.05) is 0 Å². The third-order valence-electron chi connectivity index (χ3n) is 3.57. The summed E-state index contributed by atoms with van der Waals surface area (Å²) < 4.78 is 0. The van der Waals surface area contributed by atoms with Crippen molar-refractivity contribution in [3.63, 3.8) is 0 Å². The minimum absolute atomic E-state index is 0.581. The van der Waals surface area contributed by atoms with E-state index in [9.17, 15) is 0 Å². The van der Waals surface area contributed by atoms with Gasteiger partial charge in [-0.2, -0.15) is 5.10 Å². The smallest absolute Gasteiger partial charge is 0.115 e. The van der Waals surface area contributed by atoms with Gasteiger partial charge in [0.1, 0.15) is 6.33 Å². The first kappa shape index (κ1) is 11.3. The Bertz CT molecular complexity index is 507. The van der Waals surface area contributed by atoms with Crippen LogP contribution in [0.5, 0.6) is 0 Å². The predicted octanol–water partition coefficient (Wildman–Crippen LogP) is 1.50. The number of rotatable bonds is 3. The minimum Gasteiger partial charge on any atom is -0.298 e. The summed E-state index contributed by atoms with van der Waals surface area (Å²) in [5, 5.41) is 7.24. The Morgan fingerprint density at radius 3 is 2.89 bits per heavy atom. The van der Waals surface area contributed by atoms with E-state index >= 15 is 0 Å². The molecule has 0 saturated carbocycles. The number of aromatic amines is 1. The average molecular weight is 243 g/mol. The zero-order valence-corrected chi connectivity index (χ0v) is 10.5. The van der Waals surface area contributed by atoms with Crippen molar-refractivity contribution >= 4 is 0 Å². The lowest BCUT2D eigenvalue weighted by Crippen LogP contribution is -2.20. The summed E-state index contributed by atoms with van der Waals surface area (Å²) in [6.07, 6.45) is 8.45. The van der Waals surface area contributed by atoms with Gasteiger partial charge in [0.25, 0.3) is 0 Å². The molecule has 5 nitrogen and oxygen atoms in total. The highest BCUT2D eigenvalue weighted by Gasteiger charge is 2.25. The zero-order chi connectivity index (χ0) is 12.4. The van der Waals surface area contributed by atoms with Gasteiger partial charge in [-0.3, -0.25) is 10.00 Å². The lowest BCUT2D eigenvalue weighted by Gasteiger charge is -2.15. The van der Waals surface area contributed by atoms with E-state index in [4.69, 9.17) is 0 Å². The molecule has 2 aromatic heterocycles. The van der Waals surface area contributed by atoms with E-state index in [0.717, 1.165) is 19.6 Å². The van der Waals surface area contributed by atoms with Gasteiger partial charge >= 0.3 is 0 Å². The lowest BCUT2D eigenvalue weighted by molar-refractivity contribution is 0.325. The van der Waals surface area contributed by atoms with Crippen LogP contribution < -0.4 is 0 Å². The molecule has 0 spiro atoms. The average Bonchev–Trinajstić information content (AvgIpc) is 2.99. The molecule has 0 aliphatic carbocycles. The first-order chi connectivity index (χ1) is 8.83. The van der Waals surface area contributed by atoms with E-state index in [1.165, 1.54) is 23.2 Å². The monoisotopic (exact) mass is 243 g/mol. The normalized spacial score (nSPS) is 20.4. The van der Waals surface area contributed by atoms with Gasteiger partial charge in [0, 0.05) is 42.7 Å². The molecule has 3 heterocycles. The van der Waals surface area contributed by atoms with Crippen molar-refractivity contribution in [2.45, 2.75) is 25.8 Å². The molecule has 1 unspecified atom stereocenters. The van der Waals surface area contributed by atoms with Crippen LogP contribution in [0.1, 0.15) is 29.2 Å². The van der Waals surface area contributed by atoms with Crippen molar-refractivity contribution in [1.82, 2.24) is 25.1 Å². The number of H-pyrrole nitrogens is 1. The maximum atomic E-state index is 4.11. The van der Waals surface area contributed by atoms with Crippen LogP contribution >= 0.6 is 0 Å². The van der Waals surface area contributed by atoms with E-state index in [-0.39, 0.29) is 0 Å². The maximum Gasteiger partial charge on any atom is 0.115 e. The Hall–Kier alpha value is -1.75. The molecule has 0 radical (unpaired) electrons. The second-order valence-electron chi connectivity index (χ2n) is 4.93. The van der Waals surface area contributed by atoms with Crippen LogP contribution in [-0.4, -0.2) is 38.2 Å². The highest BCUT2D eigenvalue weighted by Crippen LogP contribution is 2.28. The highest BCUT2D eigenvalue weighted by molar-refractivity contribution is 5.20. The SMILES string of the molecule is Cc1cn[nH]c1C1CCN(Cc2cncnc2)C1. The predicted molar refractivity (Wildman–Crippen MR) is 68.0 cm³/mol. The molecule has 94 valence electrons. The topological polar surface area (TPSA) is 57.7 Å². The molecule has 0 amide bonds. The van der Waals surface area contributed by atoms with Crippen molar-refractivity contribution in [1.29, 1.82) is 0 Å². The second-order valence-corrected chi connectivity index (χ2v) is 4.93. The standard InChI is InChI=1S/C13H17N5/c1-10-4-16-17-13(10)12-2-3-18(8-12)7-11-5-14-9-15-6-11/h4-6,9,12H,2-3,7-8H2,1H3,(H,16,17). The van der Waals surface area contributed by atoms with Crippen molar-refractivity contribution in [2.24, 2.45) is 0 Å². The third-order valence-corrected chi connectivity index (χ3v) is 3.57. The van der Waals surface area contributed by atoms with Crippen LogP contribution in [0, 0.1) is 6.92 Å².